The standard InChI is InChI=1S/C6H8BrN3O/c1-8-5(11)4-3-10(2)6(7)9-4/h3H,1-2H3,(H,8,11). The fraction of sp³-hybridized carbons (Fsp3) is 0.333. The average molecular weight is 218 g/mol. The second-order valence-corrected chi connectivity index (χ2v) is 2.79. The van der Waals surface area contributed by atoms with Crippen molar-refractivity contribution in [3.05, 3.63) is 16.6 Å². The second kappa shape index (κ2) is 3.04. The van der Waals surface area contributed by atoms with E-state index in [2.05, 4.69) is 26.2 Å². The maximum atomic E-state index is 11.0. The molecule has 0 aliphatic carbocycles. The van der Waals surface area contributed by atoms with E-state index in [1.54, 1.807) is 17.8 Å². The van der Waals surface area contributed by atoms with Gasteiger partial charge in [-0.05, 0) is 15.9 Å². The van der Waals surface area contributed by atoms with Gasteiger partial charge in [0.2, 0.25) is 0 Å². The van der Waals surface area contributed by atoms with Crippen molar-refractivity contribution in [2.24, 2.45) is 7.05 Å². The van der Waals surface area contributed by atoms with Crippen molar-refractivity contribution in [1.82, 2.24) is 14.9 Å². The summed E-state index contributed by atoms with van der Waals surface area (Å²) in [6.45, 7) is 0. The van der Waals surface area contributed by atoms with Gasteiger partial charge < -0.3 is 9.88 Å². The highest BCUT2D eigenvalue weighted by Gasteiger charge is 2.08. The molecule has 0 radical (unpaired) electrons. The minimum atomic E-state index is -0.175. The van der Waals surface area contributed by atoms with Crippen LogP contribution in [0.15, 0.2) is 10.9 Å². The zero-order chi connectivity index (χ0) is 8.43. The number of nitrogens with zero attached hydrogens (tertiary/aromatic N) is 2. The summed E-state index contributed by atoms with van der Waals surface area (Å²) in [7, 11) is 3.38. The Hall–Kier alpha value is -0.840. The van der Waals surface area contributed by atoms with Gasteiger partial charge in [-0.15, -0.1) is 0 Å². The van der Waals surface area contributed by atoms with Gasteiger partial charge in [-0.25, -0.2) is 4.98 Å². The molecule has 1 N–H and O–H groups in total. The first-order valence-corrected chi connectivity index (χ1v) is 3.85. The molecule has 0 unspecified atom stereocenters. The second-order valence-electron chi connectivity index (χ2n) is 2.09. The third-order valence-corrected chi connectivity index (χ3v) is 2.02. The Bertz CT molecular complexity index is 262. The number of hydrogen-bond acceptors (Lipinski definition) is 2. The fourth-order valence-electron chi connectivity index (χ4n) is 0.681. The van der Waals surface area contributed by atoms with Gasteiger partial charge in [0.1, 0.15) is 5.69 Å². The zero-order valence-corrected chi connectivity index (χ0v) is 7.84. The Kier molecular flexibility index (Phi) is 2.28. The van der Waals surface area contributed by atoms with E-state index >= 15 is 0 Å². The normalized spacial score (nSPS) is 9.73. The number of halogens is 1. The molecule has 11 heavy (non-hydrogen) atoms. The van der Waals surface area contributed by atoms with Crippen LogP contribution in [0.4, 0.5) is 0 Å². The number of imidazole rings is 1. The van der Waals surface area contributed by atoms with Crippen LogP contribution in [-0.2, 0) is 7.05 Å². The summed E-state index contributed by atoms with van der Waals surface area (Å²) >= 11 is 3.19. The Balaban J connectivity index is 2.97. The molecule has 1 heterocycles. The Morgan fingerprint density at radius 1 is 1.82 bits per heavy atom. The Morgan fingerprint density at radius 2 is 2.45 bits per heavy atom. The van der Waals surface area contributed by atoms with Gasteiger partial charge in [-0.3, -0.25) is 4.79 Å². The molecule has 0 aliphatic rings. The summed E-state index contributed by atoms with van der Waals surface area (Å²) in [5, 5.41) is 2.49. The SMILES string of the molecule is CNC(=O)c1cn(C)c(Br)n1. The quantitative estimate of drug-likeness (QED) is 0.747. The van der Waals surface area contributed by atoms with Crippen molar-refractivity contribution in [2.45, 2.75) is 0 Å². The number of aryl methyl sites for hydroxylation is 1. The maximum absolute atomic E-state index is 11.0. The zero-order valence-electron chi connectivity index (χ0n) is 6.26. The molecule has 0 atom stereocenters. The lowest BCUT2D eigenvalue weighted by atomic mass is 10.4. The lowest BCUT2D eigenvalue weighted by Gasteiger charge is -1.90. The van der Waals surface area contributed by atoms with Crippen molar-refractivity contribution in [3.8, 4) is 0 Å². The molecule has 5 heteroatoms. The molecular weight excluding hydrogens is 210 g/mol. The molecule has 60 valence electrons. The van der Waals surface area contributed by atoms with E-state index in [1.807, 2.05) is 7.05 Å². The van der Waals surface area contributed by atoms with Gasteiger partial charge in [0.05, 0.1) is 0 Å². The van der Waals surface area contributed by atoms with Crippen molar-refractivity contribution < 1.29 is 4.79 Å². The van der Waals surface area contributed by atoms with Gasteiger partial charge in [-0.1, -0.05) is 0 Å². The summed E-state index contributed by atoms with van der Waals surface area (Å²) in [6.07, 6.45) is 1.66. The lowest BCUT2D eigenvalue weighted by Crippen LogP contribution is -2.17. The van der Waals surface area contributed by atoms with E-state index in [4.69, 9.17) is 0 Å². The Labute approximate surface area is 72.7 Å². The van der Waals surface area contributed by atoms with Crippen molar-refractivity contribution in [1.29, 1.82) is 0 Å². The van der Waals surface area contributed by atoms with Crippen molar-refractivity contribution in [3.63, 3.8) is 0 Å². The topological polar surface area (TPSA) is 46.9 Å². The molecule has 0 saturated carbocycles. The van der Waals surface area contributed by atoms with Gasteiger partial charge >= 0.3 is 0 Å². The third kappa shape index (κ3) is 1.59. The van der Waals surface area contributed by atoms with Crippen LogP contribution in [0.25, 0.3) is 0 Å². The van der Waals surface area contributed by atoms with Gasteiger partial charge in [0.25, 0.3) is 5.91 Å². The monoisotopic (exact) mass is 217 g/mol. The molecule has 0 saturated heterocycles. The highest BCUT2D eigenvalue weighted by atomic mass is 79.9. The largest absolute Gasteiger partial charge is 0.354 e. The maximum Gasteiger partial charge on any atom is 0.271 e. The summed E-state index contributed by atoms with van der Waals surface area (Å²) < 4.78 is 2.38. The van der Waals surface area contributed by atoms with Crippen molar-refractivity contribution >= 4 is 21.8 Å². The van der Waals surface area contributed by atoms with Gasteiger partial charge in [-0.2, -0.15) is 0 Å². The highest BCUT2D eigenvalue weighted by molar-refractivity contribution is 9.10. The first-order chi connectivity index (χ1) is 5.15. The summed E-state index contributed by atoms with van der Waals surface area (Å²) in [5.74, 6) is -0.175. The van der Waals surface area contributed by atoms with E-state index in [-0.39, 0.29) is 5.91 Å². The molecule has 1 amide bonds. The summed E-state index contributed by atoms with van der Waals surface area (Å²) in [6, 6.07) is 0. The van der Waals surface area contributed by atoms with Crippen LogP contribution < -0.4 is 5.32 Å². The minimum absolute atomic E-state index is 0.175. The number of hydrogen-bond donors (Lipinski definition) is 1. The fourth-order valence-corrected chi connectivity index (χ4v) is 0.975. The molecule has 1 aromatic rings. The van der Waals surface area contributed by atoms with E-state index in [0.717, 1.165) is 0 Å². The van der Waals surface area contributed by atoms with Crippen LogP contribution in [0.2, 0.25) is 0 Å². The van der Waals surface area contributed by atoms with Crippen LogP contribution >= 0.6 is 15.9 Å². The van der Waals surface area contributed by atoms with Crippen LogP contribution in [-0.4, -0.2) is 22.5 Å². The van der Waals surface area contributed by atoms with Crippen molar-refractivity contribution in [2.75, 3.05) is 7.05 Å². The number of rotatable bonds is 1. The van der Waals surface area contributed by atoms with Crippen LogP contribution in [0, 0.1) is 0 Å². The van der Waals surface area contributed by atoms with E-state index < -0.39 is 0 Å². The third-order valence-electron chi connectivity index (χ3n) is 1.28. The van der Waals surface area contributed by atoms with Gasteiger partial charge in [0.15, 0.2) is 4.73 Å². The van der Waals surface area contributed by atoms with E-state index in [0.29, 0.717) is 10.4 Å². The van der Waals surface area contributed by atoms with E-state index in [9.17, 15) is 4.79 Å². The predicted octanol–water partition coefficient (Wildman–Crippen LogP) is 0.542. The molecule has 1 aromatic heterocycles. The highest BCUT2D eigenvalue weighted by Crippen LogP contribution is 2.07. The lowest BCUT2D eigenvalue weighted by molar-refractivity contribution is 0.0958. The van der Waals surface area contributed by atoms with Crippen LogP contribution in [0.1, 0.15) is 10.5 Å². The summed E-state index contributed by atoms with van der Waals surface area (Å²) in [4.78, 5) is 14.9. The molecule has 0 aromatic carbocycles. The van der Waals surface area contributed by atoms with Gasteiger partial charge in [0, 0.05) is 20.3 Å². The van der Waals surface area contributed by atoms with E-state index in [1.165, 1.54) is 0 Å². The Morgan fingerprint density at radius 3 is 2.82 bits per heavy atom. The number of aromatic nitrogens is 2. The molecule has 0 bridgehead atoms. The number of carbonyl (C=O) groups excluding carboxylic acids is 1. The molecule has 1 rings (SSSR count). The molecule has 0 fully saturated rings. The average Bonchev–Trinajstić information content (AvgIpc) is 2.31. The first kappa shape index (κ1) is 8.26. The number of amides is 1. The number of nitrogens with one attached hydrogen (secondary N) is 1. The smallest absolute Gasteiger partial charge is 0.271 e. The summed E-state index contributed by atoms with van der Waals surface area (Å²) in [5.41, 5.74) is 0.418. The molecular formula is C6H8BrN3O. The first-order valence-electron chi connectivity index (χ1n) is 3.06. The minimum Gasteiger partial charge on any atom is -0.354 e. The van der Waals surface area contributed by atoms with Crippen LogP contribution in [0.5, 0.6) is 0 Å². The predicted molar refractivity (Wildman–Crippen MR) is 44.3 cm³/mol. The molecule has 0 aliphatic heterocycles. The van der Waals surface area contributed by atoms with Crippen LogP contribution in [0.3, 0.4) is 0 Å². The molecule has 0 spiro atoms. The molecule has 4 nitrogen and oxygen atoms in total. The number of carbonyl (C=O) groups is 1.